The van der Waals surface area contributed by atoms with E-state index < -0.39 is 0 Å². The molecule has 102 valence electrons. The van der Waals surface area contributed by atoms with Crippen molar-refractivity contribution in [3.8, 4) is 0 Å². The molecule has 0 aromatic carbocycles. The molecule has 1 aliphatic rings. The fraction of sp³-hybridized carbons (Fsp3) is 0.857. The Balaban J connectivity index is 2.09. The van der Waals surface area contributed by atoms with Crippen molar-refractivity contribution < 1.29 is 5.11 Å². The molecule has 1 aromatic heterocycles. The van der Waals surface area contributed by atoms with Gasteiger partial charge < -0.3 is 5.11 Å². The van der Waals surface area contributed by atoms with Gasteiger partial charge >= 0.3 is 0 Å². The Morgan fingerprint density at radius 1 is 1.33 bits per heavy atom. The SMILES string of the molecule is CC(C)Cn1ncnc1CC1(CO)CCCCC1. The van der Waals surface area contributed by atoms with Gasteiger partial charge in [-0.2, -0.15) is 5.10 Å². The fourth-order valence-electron chi connectivity index (χ4n) is 2.95. The quantitative estimate of drug-likeness (QED) is 0.874. The number of nitrogens with zero attached hydrogens (tertiary/aromatic N) is 3. The Kier molecular flexibility index (Phi) is 4.38. The maximum absolute atomic E-state index is 9.76. The van der Waals surface area contributed by atoms with Gasteiger partial charge in [-0.15, -0.1) is 0 Å². The highest BCUT2D eigenvalue weighted by atomic mass is 16.3. The molecule has 0 radical (unpaired) electrons. The van der Waals surface area contributed by atoms with Gasteiger partial charge in [-0.25, -0.2) is 9.67 Å². The maximum Gasteiger partial charge on any atom is 0.138 e. The predicted octanol–water partition coefficient (Wildman–Crippen LogP) is 2.42. The summed E-state index contributed by atoms with van der Waals surface area (Å²) in [6.45, 7) is 5.57. The molecule has 0 amide bonds. The minimum Gasteiger partial charge on any atom is -0.396 e. The number of hydrogen-bond acceptors (Lipinski definition) is 3. The van der Waals surface area contributed by atoms with Gasteiger partial charge in [-0.3, -0.25) is 0 Å². The Morgan fingerprint density at radius 2 is 2.06 bits per heavy atom. The number of aromatic nitrogens is 3. The summed E-state index contributed by atoms with van der Waals surface area (Å²) in [4.78, 5) is 4.40. The van der Waals surface area contributed by atoms with Crippen LogP contribution in [0.1, 0.15) is 51.8 Å². The lowest BCUT2D eigenvalue weighted by Crippen LogP contribution is -2.32. The lowest BCUT2D eigenvalue weighted by atomic mass is 9.72. The highest BCUT2D eigenvalue weighted by Gasteiger charge is 2.33. The summed E-state index contributed by atoms with van der Waals surface area (Å²) < 4.78 is 2.01. The van der Waals surface area contributed by atoms with Crippen molar-refractivity contribution in [2.75, 3.05) is 6.61 Å². The van der Waals surface area contributed by atoms with E-state index in [2.05, 4.69) is 23.9 Å². The summed E-state index contributed by atoms with van der Waals surface area (Å²) in [5.74, 6) is 1.61. The van der Waals surface area contributed by atoms with Crippen molar-refractivity contribution in [3.05, 3.63) is 12.2 Å². The number of aliphatic hydroxyl groups is 1. The van der Waals surface area contributed by atoms with Gasteiger partial charge in [0.1, 0.15) is 12.2 Å². The smallest absolute Gasteiger partial charge is 0.138 e. The molecule has 1 heterocycles. The molecule has 0 saturated heterocycles. The molecule has 4 heteroatoms. The first-order valence-electron chi connectivity index (χ1n) is 7.13. The lowest BCUT2D eigenvalue weighted by molar-refractivity contribution is 0.0790. The second-order valence-corrected chi connectivity index (χ2v) is 6.15. The van der Waals surface area contributed by atoms with Crippen LogP contribution in [0.3, 0.4) is 0 Å². The highest BCUT2D eigenvalue weighted by Crippen LogP contribution is 2.38. The average molecular weight is 251 g/mol. The van der Waals surface area contributed by atoms with E-state index in [0.717, 1.165) is 31.6 Å². The molecule has 1 saturated carbocycles. The number of hydrogen-bond donors (Lipinski definition) is 1. The molecule has 0 spiro atoms. The summed E-state index contributed by atoms with van der Waals surface area (Å²) in [6.07, 6.45) is 8.54. The molecule has 18 heavy (non-hydrogen) atoms. The third-order valence-electron chi connectivity index (χ3n) is 4.02. The second-order valence-electron chi connectivity index (χ2n) is 6.15. The predicted molar refractivity (Wildman–Crippen MR) is 71.2 cm³/mol. The van der Waals surface area contributed by atoms with Crippen LogP contribution in [-0.2, 0) is 13.0 Å². The first-order valence-corrected chi connectivity index (χ1v) is 7.13. The molecule has 0 atom stereocenters. The maximum atomic E-state index is 9.76. The van der Waals surface area contributed by atoms with Gasteiger partial charge in [0, 0.05) is 25.0 Å². The summed E-state index contributed by atoms with van der Waals surface area (Å²) in [6, 6.07) is 0. The molecule has 0 unspecified atom stereocenters. The van der Waals surface area contributed by atoms with Gasteiger partial charge in [-0.05, 0) is 18.8 Å². The Morgan fingerprint density at radius 3 is 2.67 bits per heavy atom. The van der Waals surface area contributed by atoms with E-state index in [9.17, 15) is 5.11 Å². The van der Waals surface area contributed by atoms with Gasteiger partial charge in [0.25, 0.3) is 0 Å². The molecule has 4 nitrogen and oxygen atoms in total. The first-order chi connectivity index (χ1) is 8.65. The van der Waals surface area contributed by atoms with Crippen LogP contribution in [0.25, 0.3) is 0 Å². The molecule has 1 aliphatic carbocycles. The molecule has 0 aliphatic heterocycles. The third-order valence-corrected chi connectivity index (χ3v) is 4.02. The van der Waals surface area contributed by atoms with E-state index in [1.807, 2.05) is 4.68 Å². The molecular formula is C14H25N3O. The molecule has 1 N–H and O–H groups in total. The molecule has 0 bridgehead atoms. The largest absolute Gasteiger partial charge is 0.396 e. The minimum atomic E-state index is 0.0556. The van der Waals surface area contributed by atoms with Crippen LogP contribution in [0.2, 0.25) is 0 Å². The van der Waals surface area contributed by atoms with Crippen molar-refractivity contribution in [1.82, 2.24) is 14.8 Å². The summed E-state index contributed by atoms with van der Waals surface area (Å²) in [5, 5.41) is 14.1. The standard InChI is InChI=1S/C14H25N3O/c1-12(2)9-17-13(15-11-16-17)8-14(10-18)6-4-3-5-7-14/h11-12,18H,3-10H2,1-2H3. The second kappa shape index (κ2) is 5.83. The highest BCUT2D eigenvalue weighted by molar-refractivity contribution is 4.95. The van der Waals surface area contributed by atoms with Gasteiger partial charge in [0.2, 0.25) is 0 Å². The van der Waals surface area contributed by atoms with Crippen LogP contribution in [-0.4, -0.2) is 26.5 Å². The third kappa shape index (κ3) is 3.10. The van der Waals surface area contributed by atoms with E-state index >= 15 is 0 Å². The molecule has 1 aromatic rings. The summed E-state index contributed by atoms with van der Waals surface area (Å²) in [5.41, 5.74) is 0.0556. The van der Waals surface area contributed by atoms with Crippen molar-refractivity contribution in [2.24, 2.45) is 11.3 Å². The minimum absolute atomic E-state index is 0.0556. The van der Waals surface area contributed by atoms with Crippen molar-refractivity contribution >= 4 is 0 Å². The topological polar surface area (TPSA) is 50.9 Å². The Labute approximate surface area is 109 Å². The Bertz CT molecular complexity index is 367. The van der Waals surface area contributed by atoms with Crippen LogP contribution in [0.15, 0.2) is 6.33 Å². The van der Waals surface area contributed by atoms with Crippen molar-refractivity contribution in [3.63, 3.8) is 0 Å². The van der Waals surface area contributed by atoms with Crippen LogP contribution in [0.4, 0.5) is 0 Å². The molecule has 1 fully saturated rings. The molecular weight excluding hydrogens is 226 g/mol. The molecule has 2 rings (SSSR count). The number of rotatable bonds is 5. The van der Waals surface area contributed by atoms with Gasteiger partial charge in [-0.1, -0.05) is 33.1 Å². The van der Waals surface area contributed by atoms with E-state index in [1.54, 1.807) is 6.33 Å². The van der Waals surface area contributed by atoms with Gasteiger partial charge in [0.15, 0.2) is 0 Å². The summed E-state index contributed by atoms with van der Waals surface area (Å²) in [7, 11) is 0. The van der Waals surface area contributed by atoms with Crippen LogP contribution < -0.4 is 0 Å². The zero-order valence-corrected chi connectivity index (χ0v) is 11.6. The Hall–Kier alpha value is -0.900. The monoisotopic (exact) mass is 251 g/mol. The summed E-state index contributed by atoms with van der Waals surface area (Å²) >= 11 is 0. The van der Waals surface area contributed by atoms with Gasteiger partial charge in [0.05, 0.1) is 0 Å². The fourth-order valence-corrected chi connectivity index (χ4v) is 2.95. The van der Waals surface area contributed by atoms with E-state index in [0.29, 0.717) is 5.92 Å². The van der Waals surface area contributed by atoms with Crippen molar-refractivity contribution in [2.45, 2.75) is 58.9 Å². The normalized spacial score (nSPS) is 19.3. The van der Waals surface area contributed by atoms with E-state index in [-0.39, 0.29) is 12.0 Å². The van der Waals surface area contributed by atoms with Crippen LogP contribution in [0, 0.1) is 11.3 Å². The average Bonchev–Trinajstić information content (AvgIpc) is 2.77. The lowest BCUT2D eigenvalue weighted by Gasteiger charge is -2.35. The van der Waals surface area contributed by atoms with Crippen LogP contribution in [0.5, 0.6) is 0 Å². The van der Waals surface area contributed by atoms with E-state index in [1.165, 1.54) is 19.3 Å². The zero-order chi connectivity index (χ0) is 13.0. The van der Waals surface area contributed by atoms with Crippen molar-refractivity contribution in [1.29, 1.82) is 0 Å². The number of aliphatic hydroxyl groups excluding tert-OH is 1. The van der Waals surface area contributed by atoms with E-state index in [4.69, 9.17) is 0 Å². The zero-order valence-electron chi connectivity index (χ0n) is 11.6. The van der Waals surface area contributed by atoms with Crippen LogP contribution >= 0.6 is 0 Å². The first kappa shape index (κ1) is 13.5.